The molecule has 9 nitrogen and oxygen atoms in total. The Morgan fingerprint density at radius 2 is 2.17 bits per heavy atom. The Morgan fingerprint density at radius 3 is 2.88 bits per heavy atom. The Hall–Kier alpha value is -2.66. The number of aromatic amines is 1. The SMILES string of the molecule is NC(=O)C[C@@H]1CCN(c2nc(OCC(F)(F)F)nc3n[nH]nc23)C1. The molecule has 0 spiro atoms. The predicted octanol–water partition coefficient (Wildman–Crippen LogP) is 0.391. The maximum atomic E-state index is 12.3. The summed E-state index contributed by atoms with van der Waals surface area (Å²) in [6, 6.07) is -0.429. The van der Waals surface area contributed by atoms with Crippen molar-refractivity contribution in [2.45, 2.75) is 19.0 Å². The summed E-state index contributed by atoms with van der Waals surface area (Å²) in [4.78, 5) is 20.7. The minimum absolute atomic E-state index is 0.0546. The van der Waals surface area contributed by atoms with E-state index in [9.17, 15) is 18.0 Å². The molecular weight excluding hydrogens is 331 g/mol. The Labute approximate surface area is 133 Å². The summed E-state index contributed by atoms with van der Waals surface area (Å²) in [6.45, 7) is -0.448. The second-order valence-corrected chi connectivity index (χ2v) is 5.50. The standard InChI is InChI=1S/C12H14F3N7O2/c13-12(14,15)5-24-11-17-9-8(19-21-20-9)10(18-11)22-2-1-6(4-22)3-7(16)23/h6H,1-5H2,(H2,16,23)(H,17,18,19,20,21)/t6-/m0/s1. The molecule has 0 radical (unpaired) electrons. The largest absolute Gasteiger partial charge is 0.454 e. The number of fused-ring (bicyclic) bond motifs is 1. The lowest BCUT2D eigenvalue weighted by Crippen LogP contribution is -2.24. The van der Waals surface area contributed by atoms with Crippen molar-refractivity contribution in [3.8, 4) is 6.01 Å². The maximum Gasteiger partial charge on any atom is 0.422 e. The second-order valence-electron chi connectivity index (χ2n) is 5.50. The average molecular weight is 345 g/mol. The number of anilines is 1. The molecule has 2 aromatic heterocycles. The van der Waals surface area contributed by atoms with Crippen molar-refractivity contribution in [2.24, 2.45) is 11.7 Å². The number of H-pyrrole nitrogens is 1. The highest BCUT2D eigenvalue weighted by molar-refractivity contribution is 5.83. The van der Waals surface area contributed by atoms with Gasteiger partial charge < -0.3 is 15.4 Å². The number of carbonyl (C=O) groups is 1. The third-order valence-electron chi connectivity index (χ3n) is 3.58. The lowest BCUT2D eigenvalue weighted by Gasteiger charge is -2.18. The Bertz CT molecular complexity index is 748. The van der Waals surface area contributed by atoms with E-state index in [4.69, 9.17) is 5.73 Å². The molecule has 24 heavy (non-hydrogen) atoms. The number of nitrogens with one attached hydrogen (secondary N) is 1. The molecule has 1 saturated heterocycles. The molecular formula is C12H14F3N7O2. The molecule has 1 aliphatic rings. The van der Waals surface area contributed by atoms with Gasteiger partial charge >= 0.3 is 12.2 Å². The molecule has 0 bridgehead atoms. The van der Waals surface area contributed by atoms with Gasteiger partial charge in [-0.05, 0) is 12.3 Å². The monoisotopic (exact) mass is 345 g/mol. The summed E-state index contributed by atoms with van der Waals surface area (Å²) in [5.41, 5.74) is 5.63. The van der Waals surface area contributed by atoms with Gasteiger partial charge in [0, 0.05) is 19.5 Å². The highest BCUT2D eigenvalue weighted by atomic mass is 19.4. The second kappa shape index (κ2) is 6.09. The fraction of sp³-hybridized carbons (Fsp3) is 0.583. The molecule has 130 valence electrons. The quantitative estimate of drug-likeness (QED) is 0.803. The van der Waals surface area contributed by atoms with E-state index in [2.05, 4.69) is 30.1 Å². The van der Waals surface area contributed by atoms with Gasteiger partial charge in [-0.1, -0.05) is 0 Å². The fourth-order valence-corrected chi connectivity index (χ4v) is 2.62. The number of amides is 1. The van der Waals surface area contributed by atoms with Crippen LogP contribution in [0.2, 0.25) is 0 Å². The minimum atomic E-state index is -4.50. The fourth-order valence-electron chi connectivity index (χ4n) is 2.62. The lowest BCUT2D eigenvalue weighted by molar-refractivity contribution is -0.154. The van der Waals surface area contributed by atoms with Crippen molar-refractivity contribution in [1.29, 1.82) is 0 Å². The number of halogens is 3. The first kappa shape index (κ1) is 16.2. The van der Waals surface area contributed by atoms with Crippen molar-refractivity contribution >= 4 is 22.9 Å². The topological polar surface area (TPSA) is 123 Å². The van der Waals surface area contributed by atoms with E-state index in [0.29, 0.717) is 30.8 Å². The van der Waals surface area contributed by atoms with Crippen LogP contribution in [0.3, 0.4) is 0 Å². The zero-order valence-corrected chi connectivity index (χ0v) is 12.4. The molecule has 2 aromatic rings. The smallest absolute Gasteiger partial charge is 0.422 e. The molecule has 1 aliphatic heterocycles. The van der Waals surface area contributed by atoms with Crippen molar-refractivity contribution in [3.05, 3.63) is 0 Å². The lowest BCUT2D eigenvalue weighted by atomic mass is 10.1. The number of primary amides is 1. The number of hydrogen-bond acceptors (Lipinski definition) is 7. The van der Waals surface area contributed by atoms with Crippen LogP contribution in [0, 0.1) is 5.92 Å². The molecule has 3 heterocycles. The molecule has 0 aromatic carbocycles. The van der Waals surface area contributed by atoms with Crippen LogP contribution in [0.1, 0.15) is 12.8 Å². The summed E-state index contributed by atoms with van der Waals surface area (Å²) < 4.78 is 41.5. The Morgan fingerprint density at radius 1 is 1.38 bits per heavy atom. The van der Waals surface area contributed by atoms with Crippen molar-refractivity contribution in [2.75, 3.05) is 24.6 Å². The summed E-state index contributed by atoms with van der Waals surface area (Å²) in [5, 5.41) is 10.1. The first-order valence-corrected chi connectivity index (χ1v) is 7.13. The normalized spacial score (nSPS) is 18.3. The molecule has 0 aliphatic carbocycles. The van der Waals surface area contributed by atoms with Gasteiger partial charge in [0.15, 0.2) is 17.9 Å². The molecule has 12 heteroatoms. The molecule has 3 rings (SSSR count). The van der Waals surface area contributed by atoms with Crippen LogP contribution >= 0.6 is 0 Å². The van der Waals surface area contributed by atoms with Gasteiger partial charge in [0.1, 0.15) is 0 Å². The summed E-state index contributed by atoms with van der Waals surface area (Å²) >= 11 is 0. The predicted molar refractivity (Wildman–Crippen MR) is 75.2 cm³/mol. The highest BCUT2D eigenvalue weighted by Gasteiger charge is 2.31. The third-order valence-corrected chi connectivity index (χ3v) is 3.58. The molecule has 0 unspecified atom stereocenters. The van der Waals surface area contributed by atoms with Crippen LogP contribution in [0.5, 0.6) is 6.01 Å². The van der Waals surface area contributed by atoms with E-state index in [0.717, 1.165) is 0 Å². The van der Waals surface area contributed by atoms with Crippen LogP contribution in [0.15, 0.2) is 0 Å². The van der Waals surface area contributed by atoms with E-state index < -0.39 is 24.7 Å². The van der Waals surface area contributed by atoms with E-state index in [1.165, 1.54) is 0 Å². The molecule has 0 saturated carbocycles. The van der Waals surface area contributed by atoms with Gasteiger partial charge in [-0.3, -0.25) is 4.79 Å². The van der Waals surface area contributed by atoms with Crippen LogP contribution in [0.4, 0.5) is 19.0 Å². The van der Waals surface area contributed by atoms with Crippen molar-refractivity contribution in [1.82, 2.24) is 25.4 Å². The van der Waals surface area contributed by atoms with Gasteiger partial charge in [0.25, 0.3) is 0 Å². The molecule has 1 amide bonds. The minimum Gasteiger partial charge on any atom is -0.454 e. The van der Waals surface area contributed by atoms with Gasteiger partial charge in [-0.25, -0.2) is 0 Å². The highest BCUT2D eigenvalue weighted by Crippen LogP contribution is 2.29. The van der Waals surface area contributed by atoms with E-state index in [1.54, 1.807) is 4.90 Å². The number of ether oxygens (including phenoxy) is 1. The number of rotatable bonds is 5. The summed E-state index contributed by atoms with van der Waals surface area (Å²) in [6.07, 6.45) is -3.55. The number of alkyl halides is 3. The number of hydrogen-bond donors (Lipinski definition) is 2. The Balaban J connectivity index is 1.84. The van der Waals surface area contributed by atoms with Crippen molar-refractivity contribution in [3.63, 3.8) is 0 Å². The maximum absolute atomic E-state index is 12.3. The molecule has 1 fully saturated rings. The van der Waals surface area contributed by atoms with Crippen LogP contribution in [0.25, 0.3) is 11.2 Å². The third kappa shape index (κ3) is 3.63. The molecule has 1 atom stereocenters. The zero-order chi connectivity index (χ0) is 17.3. The van der Waals surface area contributed by atoms with E-state index >= 15 is 0 Å². The van der Waals surface area contributed by atoms with Gasteiger partial charge in [-0.15, -0.1) is 5.10 Å². The van der Waals surface area contributed by atoms with Gasteiger partial charge in [0.2, 0.25) is 11.6 Å². The van der Waals surface area contributed by atoms with E-state index in [-0.39, 0.29) is 18.0 Å². The van der Waals surface area contributed by atoms with Gasteiger partial charge in [0.05, 0.1) is 0 Å². The first-order valence-electron chi connectivity index (χ1n) is 7.13. The van der Waals surface area contributed by atoms with Crippen LogP contribution < -0.4 is 15.4 Å². The summed E-state index contributed by atoms with van der Waals surface area (Å²) in [5.74, 6) is -0.0258. The average Bonchev–Trinajstić information content (AvgIpc) is 3.11. The molecule has 3 N–H and O–H groups in total. The first-order chi connectivity index (χ1) is 11.3. The zero-order valence-electron chi connectivity index (χ0n) is 12.4. The Kier molecular flexibility index (Phi) is 4.11. The van der Waals surface area contributed by atoms with Crippen molar-refractivity contribution < 1.29 is 22.7 Å². The van der Waals surface area contributed by atoms with Crippen LogP contribution in [-0.4, -0.2) is 57.2 Å². The number of nitrogens with two attached hydrogens (primary N) is 1. The number of carbonyl (C=O) groups excluding carboxylic acids is 1. The summed E-state index contributed by atoms with van der Waals surface area (Å²) in [7, 11) is 0. The van der Waals surface area contributed by atoms with Crippen LogP contribution in [-0.2, 0) is 4.79 Å². The number of aromatic nitrogens is 5. The number of nitrogens with zero attached hydrogens (tertiary/aromatic N) is 5. The van der Waals surface area contributed by atoms with E-state index in [1.807, 2.05) is 0 Å². The van der Waals surface area contributed by atoms with Gasteiger partial charge in [-0.2, -0.15) is 33.5 Å².